The highest BCUT2D eigenvalue weighted by Gasteiger charge is 2.23. The summed E-state index contributed by atoms with van der Waals surface area (Å²) in [7, 11) is 5.83. The van der Waals surface area contributed by atoms with Crippen molar-refractivity contribution in [3.05, 3.63) is 29.3 Å². The predicted molar refractivity (Wildman–Crippen MR) is 84.3 cm³/mol. The fourth-order valence-corrected chi connectivity index (χ4v) is 3.16. The molecule has 1 aliphatic carbocycles. The molecule has 0 atom stereocenters. The summed E-state index contributed by atoms with van der Waals surface area (Å²) in [6.07, 6.45) is 4.97. The van der Waals surface area contributed by atoms with Crippen LogP contribution in [0.15, 0.2) is 18.2 Å². The Morgan fingerprint density at radius 2 is 2.05 bits per heavy atom. The first-order chi connectivity index (χ1) is 10.2. The molecule has 0 bridgehead atoms. The minimum atomic E-state index is 0.613. The van der Waals surface area contributed by atoms with Gasteiger partial charge in [-0.1, -0.05) is 6.07 Å². The third-order valence-corrected chi connectivity index (χ3v) is 4.54. The van der Waals surface area contributed by atoms with Crippen LogP contribution in [0.1, 0.15) is 36.8 Å². The van der Waals surface area contributed by atoms with Crippen molar-refractivity contribution in [2.75, 3.05) is 21.2 Å². The van der Waals surface area contributed by atoms with Crippen molar-refractivity contribution in [2.24, 2.45) is 0 Å². The molecule has 0 aromatic heterocycles. The van der Waals surface area contributed by atoms with Gasteiger partial charge in [0.05, 0.1) is 12.7 Å². The standard InChI is InChI=1S/C17H25N3O/c1-19-15-5-7-16(8-6-15)20(2)12-13-4-9-17(21-3)14(10-13)11-18/h4,9-10,15-16,19H,5-8,12H2,1-3H3. The highest BCUT2D eigenvalue weighted by Crippen LogP contribution is 2.25. The normalized spacial score (nSPS) is 22.0. The Morgan fingerprint density at radius 1 is 1.33 bits per heavy atom. The van der Waals surface area contributed by atoms with E-state index >= 15 is 0 Å². The Balaban J connectivity index is 1.97. The molecule has 1 aromatic carbocycles. The Morgan fingerprint density at radius 3 is 2.62 bits per heavy atom. The molecule has 0 heterocycles. The van der Waals surface area contributed by atoms with Crippen molar-refractivity contribution in [2.45, 2.75) is 44.3 Å². The van der Waals surface area contributed by atoms with Crippen LogP contribution in [0, 0.1) is 11.3 Å². The molecular formula is C17H25N3O. The van der Waals surface area contributed by atoms with Crippen molar-refractivity contribution in [3.8, 4) is 11.8 Å². The van der Waals surface area contributed by atoms with E-state index < -0.39 is 0 Å². The van der Waals surface area contributed by atoms with Crippen molar-refractivity contribution < 1.29 is 4.74 Å². The Labute approximate surface area is 127 Å². The summed E-state index contributed by atoms with van der Waals surface area (Å²) >= 11 is 0. The quantitative estimate of drug-likeness (QED) is 0.904. The lowest BCUT2D eigenvalue weighted by molar-refractivity contribution is 0.170. The maximum Gasteiger partial charge on any atom is 0.136 e. The van der Waals surface area contributed by atoms with Crippen molar-refractivity contribution in [3.63, 3.8) is 0 Å². The van der Waals surface area contributed by atoms with Gasteiger partial charge in [-0.15, -0.1) is 0 Å². The van der Waals surface area contributed by atoms with Gasteiger partial charge in [0, 0.05) is 18.6 Å². The van der Waals surface area contributed by atoms with Crippen LogP contribution in [-0.2, 0) is 6.54 Å². The largest absolute Gasteiger partial charge is 0.495 e. The molecule has 1 fully saturated rings. The minimum Gasteiger partial charge on any atom is -0.495 e. The van der Waals surface area contributed by atoms with Crippen molar-refractivity contribution in [1.82, 2.24) is 10.2 Å². The van der Waals surface area contributed by atoms with Crippen molar-refractivity contribution >= 4 is 0 Å². The highest BCUT2D eigenvalue weighted by molar-refractivity contribution is 5.45. The minimum absolute atomic E-state index is 0.613. The number of nitrogens with one attached hydrogen (secondary N) is 1. The van der Waals surface area contributed by atoms with Gasteiger partial charge in [-0.05, 0) is 57.5 Å². The summed E-state index contributed by atoms with van der Waals surface area (Å²) < 4.78 is 5.19. The molecule has 114 valence electrons. The zero-order valence-corrected chi connectivity index (χ0v) is 13.2. The fourth-order valence-electron chi connectivity index (χ4n) is 3.16. The van der Waals surface area contributed by atoms with Gasteiger partial charge in [0.1, 0.15) is 11.8 Å². The first kappa shape index (κ1) is 15.8. The molecule has 0 saturated heterocycles. The summed E-state index contributed by atoms with van der Waals surface area (Å²) in [5.74, 6) is 0.651. The number of methoxy groups -OCH3 is 1. The lowest BCUT2D eigenvalue weighted by Crippen LogP contribution is -2.39. The summed E-state index contributed by atoms with van der Waals surface area (Å²) in [4.78, 5) is 2.41. The van der Waals surface area contributed by atoms with Crippen LogP contribution < -0.4 is 10.1 Å². The third kappa shape index (κ3) is 3.96. The molecule has 4 nitrogen and oxygen atoms in total. The van der Waals surface area contributed by atoms with E-state index in [-0.39, 0.29) is 0 Å². The summed E-state index contributed by atoms with van der Waals surface area (Å²) in [6.45, 7) is 0.883. The van der Waals surface area contributed by atoms with E-state index in [1.165, 1.54) is 31.2 Å². The number of hydrogen-bond donors (Lipinski definition) is 1. The molecule has 1 N–H and O–H groups in total. The van der Waals surface area contributed by atoms with Crippen LogP contribution in [0.2, 0.25) is 0 Å². The van der Waals surface area contributed by atoms with Gasteiger partial charge in [-0.2, -0.15) is 5.26 Å². The van der Waals surface area contributed by atoms with Gasteiger partial charge < -0.3 is 10.1 Å². The molecule has 1 aliphatic rings. The smallest absolute Gasteiger partial charge is 0.136 e. The van der Waals surface area contributed by atoms with Crippen LogP contribution in [-0.4, -0.2) is 38.2 Å². The number of hydrogen-bond acceptors (Lipinski definition) is 4. The monoisotopic (exact) mass is 287 g/mol. The maximum atomic E-state index is 9.16. The Kier molecular flexibility index (Phi) is 5.60. The molecule has 4 heteroatoms. The average molecular weight is 287 g/mol. The van der Waals surface area contributed by atoms with E-state index in [4.69, 9.17) is 10.00 Å². The van der Waals surface area contributed by atoms with E-state index in [9.17, 15) is 0 Å². The lowest BCUT2D eigenvalue weighted by atomic mass is 9.90. The molecule has 21 heavy (non-hydrogen) atoms. The van der Waals surface area contributed by atoms with Gasteiger partial charge in [-0.25, -0.2) is 0 Å². The van der Waals surface area contributed by atoms with Crippen LogP contribution in [0.5, 0.6) is 5.75 Å². The second kappa shape index (κ2) is 7.44. The summed E-state index contributed by atoms with van der Waals surface area (Å²) in [5, 5.41) is 12.5. The second-order valence-electron chi connectivity index (χ2n) is 5.86. The number of rotatable bonds is 5. The highest BCUT2D eigenvalue weighted by atomic mass is 16.5. The first-order valence-electron chi connectivity index (χ1n) is 7.62. The molecule has 0 aliphatic heterocycles. The lowest BCUT2D eigenvalue weighted by Gasteiger charge is -2.34. The first-order valence-corrected chi connectivity index (χ1v) is 7.62. The molecule has 0 spiro atoms. The van der Waals surface area contributed by atoms with E-state index in [1.807, 2.05) is 12.1 Å². The van der Waals surface area contributed by atoms with E-state index in [1.54, 1.807) is 7.11 Å². The SMILES string of the molecule is CNC1CCC(N(C)Cc2ccc(OC)c(C#N)c2)CC1. The van der Waals surface area contributed by atoms with Gasteiger partial charge in [-0.3, -0.25) is 4.90 Å². The number of nitrogens with zero attached hydrogens (tertiary/aromatic N) is 2. The predicted octanol–water partition coefficient (Wildman–Crippen LogP) is 2.53. The van der Waals surface area contributed by atoms with Gasteiger partial charge in [0.25, 0.3) is 0 Å². The third-order valence-electron chi connectivity index (χ3n) is 4.54. The van der Waals surface area contributed by atoms with Crippen LogP contribution >= 0.6 is 0 Å². The zero-order valence-electron chi connectivity index (χ0n) is 13.2. The van der Waals surface area contributed by atoms with E-state index in [0.29, 0.717) is 23.4 Å². The molecule has 0 radical (unpaired) electrons. The number of benzene rings is 1. The fraction of sp³-hybridized carbons (Fsp3) is 0.588. The molecular weight excluding hydrogens is 262 g/mol. The van der Waals surface area contributed by atoms with Crippen molar-refractivity contribution in [1.29, 1.82) is 5.26 Å². The molecule has 2 rings (SSSR count). The molecule has 1 saturated carbocycles. The van der Waals surface area contributed by atoms with E-state index in [2.05, 4.69) is 36.4 Å². The van der Waals surface area contributed by atoms with Gasteiger partial charge in [0.2, 0.25) is 0 Å². The number of ether oxygens (including phenoxy) is 1. The molecule has 0 amide bonds. The topological polar surface area (TPSA) is 48.3 Å². The van der Waals surface area contributed by atoms with Gasteiger partial charge in [0.15, 0.2) is 0 Å². The second-order valence-corrected chi connectivity index (χ2v) is 5.86. The van der Waals surface area contributed by atoms with E-state index in [0.717, 1.165) is 6.54 Å². The van der Waals surface area contributed by atoms with Crippen LogP contribution in [0.3, 0.4) is 0 Å². The number of nitriles is 1. The molecule has 1 aromatic rings. The van der Waals surface area contributed by atoms with Crippen LogP contribution in [0.4, 0.5) is 0 Å². The van der Waals surface area contributed by atoms with Gasteiger partial charge >= 0.3 is 0 Å². The molecule has 0 unspecified atom stereocenters. The van der Waals surface area contributed by atoms with Crippen LogP contribution in [0.25, 0.3) is 0 Å². The summed E-state index contributed by atoms with van der Waals surface area (Å²) in [5.41, 5.74) is 1.79. The Hall–Kier alpha value is -1.57. The zero-order chi connectivity index (χ0) is 15.2. The Bertz CT molecular complexity index is 501. The maximum absolute atomic E-state index is 9.16. The average Bonchev–Trinajstić information content (AvgIpc) is 2.54. The summed E-state index contributed by atoms with van der Waals surface area (Å²) in [6, 6.07) is 9.40.